The molecule has 80 valence electrons. The molecule has 0 fully saturated rings. The fraction of sp³-hybridized carbons (Fsp3) is 0.636. The largest absolute Gasteiger partial charge is 0.469 e. The number of nitrogens with one attached hydrogen (secondary N) is 1. The zero-order chi connectivity index (χ0) is 10.2. The van der Waals surface area contributed by atoms with Gasteiger partial charge in [0.25, 0.3) is 0 Å². The van der Waals surface area contributed by atoms with Gasteiger partial charge in [0.05, 0.1) is 19.0 Å². The van der Waals surface area contributed by atoms with Crippen LogP contribution in [-0.2, 0) is 11.2 Å². The Bertz CT molecular complexity index is 219. The Labute approximate surface area is 85.4 Å². The van der Waals surface area contributed by atoms with Gasteiger partial charge in [-0.3, -0.25) is 0 Å². The molecule has 0 bridgehead atoms. The summed E-state index contributed by atoms with van der Waals surface area (Å²) in [5, 5.41) is 3.29. The number of rotatable bonds is 7. The lowest BCUT2D eigenvalue weighted by atomic mass is 10.3. The second-order valence-electron chi connectivity index (χ2n) is 3.50. The van der Waals surface area contributed by atoms with Crippen LogP contribution in [0.3, 0.4) is 0 Å². The van der Waals surface area contributed by atoms with E-state index in [0.29, 0.717) is 6.10 Å². The van der Waals surface area contributed by atoms with Crippen molar-refractivity contribution in [2.45, 2.75) is 26.4 Å². The SMILES string of the molecule is CC(C)OCCNCCc1ccco1. The topological polar surface area (TPSA) is 34.4 Å². The standard InChI is InChI=1S/C11H19NO2/c1-10(2)13-9-7-12-6-5-11-4-3-8-14-11/h3-4,8,10,12H,5-7,9H2,1-2H3. The molecule has 1 aromatic rings. The molecule has 0 aliphatic carbocycles. The maximum atomic E-state index is 5.39. The third kappa shape index (κ3) is 5.04. The fourth-order valence-electron chi connectivity index (χ4n) is 1.16. The third-order valence-electron chi connectivity index (χ3n) is 1.86. The second kappa shape index (κ2) is 6.62. The maximum absolute atomic E-state index is 5.39. The minimum atomic E-state index is 0.321. The van der Waals surface area contributed by atoms with E-state index in [9.17, 15) is 0 Å². The first kappa shape index (κ1) is 11.3. The molecule has 1 aromatic heterocycles. The molecule has 3 nitrogen and oxygen atoms in total. The molecule has 0 saturated carbocycles. The van der Waals surface area contributed by atoms with Crippen LogP contribution in [0.15, 0.2) is 22.8 Å². The number of hydrogen-bond acceptors (Lipinski definition) is 3. The van der Waals surface area contributed by atoms with Gasteiger partial charge >= 0.3 is 0 Å². The quantitative estimate of drug-likeness (QED) is 0.677. The summed E-state index contributed by atoms with van der Waals surface area (Å²) in [7, 11) is 0. The first-order chi connectivity index (χ1) is 6.79. The van der Waals surface area contributed by atoms with Gasteiger partial charge in [-0.25, -0.2) is 0 Å². The van der Waals surface area contributed by atoms with E-state index in [2.05, 4.69) is 5.32 Å². The monoisotopic (exact) mass is 197 g/mol. The van der Waals surface area contributed by atoms with Gasteiger partial charge in [-0.2, -0.15) is 0 Å². The Hall–Kier alpha value is -0.800. The predicted molar refractivity (Wildman–Crippen MR) is 56.4 cm³/mol. The van der Waals surface area contributed by atoms with Crippen molar-refractivity contribution >= 4 is 0 Å². The molecule has 0 unspecified atom stereocenters. The van der Waals surface area contributed by atoms with Gasteiger partial charge in [-0.15, -0.1) is 0 Å². The summed E-state index contributed by atoms with van der Waals surface area (Å²) in [5.41, 5.74) is 0. The highest BCUT2D eigenvalue weighted by Gasteiger charge is 1.95. The number of hydrogen-bond donors (Lipinski definition) is 1. The Balaban J connectivity index is 1.90. The molecule has 0 atom stereocenters. The maximum Gasteiger partial charge on any atom is 0.105 e. The first-order valence-corrected chi connectivity index (χ1v) is 5.13. The van der Waals surface area contributed by atoms with Crippen molar-refractivity contribution in [2.24, 2.45) is 0 Å². The average molecular weight is 197 g/mol. The van der Waals surface area contributed by atoms with Crippen LogP contribution in [0.4, 0.5) is 0 Å². The van der Waals surface area contributed by atoms with Crippen LogP contribution < -0.4 is 5.32 Å². The molecule has 0 aliphatic rings. The minimum absolute atomic E-state index is 0.321. The van der Waals surface area contributed by atoms with E-state index < -0.39 is 0 Å². The van der Waals surface area contributed by atoms with Crippen molar-refractivity contribution < 1.29 is 9.15 Å². The molecule has 14 heavy (non-hydrogen) atoms. The molecule has 0 amide bonds. The smallest absolute Gasteiger partial charge is 0.105 e. The van der Waals surface area contributed by atoms with Crippen molar-refractivity contribution in [3.05, 3.63) is 24.2 Å². The van der Waals surface area contributed by atoms with Gasteiger partial charge in [0, 0.05) is 19.5 Å². The van der Waals surface area contributed by atoms with E-state index in [4.69, 9.17) is 9.15 Å². The molecule has 0 aromatic carbocycles. The molecule has 1 N–H and O–H groups in total. The molecule has 0 aliphatic heterocycles. The minimum Gasteiger partial charge on any atom is -0.469 e. The summed E-state index contributed by atoms with van der Waals surface area (Å²) >= 11 is 0. The summed E-state index contributed by atoms with van der Waals surface area (Å²) in [6.07, 6.45) is 2.97. The van der Waals surface area contributed by atoms with Gasteiger partial charge in [0.1, 0.15) is 5.76 Å². The van der Waals surface area contributed by atoms with Gasteiger partial charge in [0.15, 0.2) is 0 Å². The van der Waals surface area contributed by atoms with Crippen molar-refractivity contribution in [3.63, 3.8) is 0 Å². The summed E-state index contributed by atoms with van der Waals surface area (Å²) in [4.78, 5) is 0. The highest BCUT2D eigenvalue weighted by molar-refractivity contribution is 4.98. The van der Waals surface area contributed by atoms with Crippen molar-refractivity contribution in [1.82, 2.24) is 5.32 Å². The molecular formula is C11H19NO2. The number of ether oxygens (including phenoxy) is 1. The van der Waals surface area contributed by atoms with Crippen LogP contribution in [0.1, 0.15) is 19.6 Å². The van der Waals surface area contributed by atoms with Gasteiger partial charge in [0.2, 0.25) is 0 Å². The van der Waals surface area contributed by atoms with E-state index in [0.717, 1.165) is 31.9 Å². The second-order valence-corrected chi connectivity index (χ2v) is 3.50. The lowest BCUT2D eigenvalue weighted by Gasteiger charge is -2.07. The van der Waals surface area contributed by atoms with Gasteiger partial charge in [-0.05, 0) is 26.0 Å². The molecule has 1 heterocycles. The lowest BCUT2D eigenvalue weighted by molar-refractivity contribution is 0.0809. The van der Waals surface area contributed by atoms with E-state index in [-0.39, 0.29) is 0 Å². The van der Waals surface area contributed by atoms with Gasteiger partial charge < -0.3 is 14.5 Å². The molecule has 0 spiro atoms. The molecular weight excluding hydrogens is 178 g/mol. The Morgan fingerprint density at radius 2 is 2.29 bits per heavy atom. The average Bonchev–Trinajstić information content (AvgIpc) is 2.63. The summed E-state index contributed by atoms with van der Waals surface area (Å²) < 4.78 is 10.6. The normalized spacial score (nSPS) is 11.1. The Kier molecular flexibility index (Phi) is 5.33. The van der Waals surface area contributed by atoms with Crippen LogP contribution >= 0.6 is 0 Å². The number of furan rings is 1. The summed E-state index contributed by atoms with van der Waals surface area (Å²) in [5.74, 6) is 1.03. The predicted octanol–water partition coefficient (Wildman–Crippen LogP) is 1.84. The van der Waals surface area contributed by atoms with Crippen LogP contribution in [0.25, 0.3) is 0 Å². The van der Waals surface area contributed by atoms with Crippen molar-refractivity contribution in [1.29, 1.82) is 0 Å². The zero-order valence-corrected chi connectivity index (χ0v) is 8.95. The molecule has 1 rings (SSSR count). The highest BCUT2D eigenvalue weighted by atomic mass is 16.5. The van der Waals surface area contributed by atoms with Crippen LogP contribution in [-0.4, -0.2) is 25.8 Å². The van der Waals surface area contributed by atoms with Crippen LogP contribution in [0.5, 0.6) is 0 Å². The fourth-order valence-corrected chi connectivity index (χ4v) is 1.16. The third-order valence-corrected chi connectivity index (χ3v) is 1.86. The molecule has 0 saturated heterocycles. The van der Waals surface area contributed by atoms with Crippen molar-refractivity contribution in [3.8, 4) is 0 Å². The summed E-state index contributed by atoms with van der Waals surface area (Å²) in [6, 6.07) is 3.91. The Morgan fingerprint density at radius 1 is 1.43 bits per heavy atom. The zero-order valence-electron chi connectivity index (χ0n) is 8.95. The lowest BCUT2D eigenvalue weighted by Crippen LogP contribution is -2.23. The van der Waals surface area contributed by atoms with E-state index in [1.807, 2.05) is 26.0 Å². The van der Waals surface area contributed by atoms with Crippen LogP contribution in [0.2, 0.25) is 0 Å². The molecule has 0 radical (unpaired) electrons. The van der Waals surface area contributed by atoms with Gasteiger partial charge in [-0.1, -0.05) is 0 Å². The first-order valence-electron chi connectivity index (χ1n) is 5.13. The van der Waals surface area contributed by atoms with E-state index in [1.54, 1.807) is 6.26 Å². The highest BCUT2D eigenvalue weighted by Crippen LogP contribution is 1.99. The van der Waals surface area contributed by atoms with E-state index >= 15 is 0 Å². The van der Waals surface area contributed by atoms with Crippen molar-refractivity contribution in [2.75, 3.05) is 19.7 Å². The van der Waals surface area contributed by atoms with Crippen LogP contribution in [0, 0.1) is 0 Å². The van der Waals surface area contributed by atoms with E-state index in [1.165, 1.54) is 0 Å². The summed E-state index contributed by atoms with van der Waals surface area (Å²) in [6.45, 7) is 6.70. The Morgan fingerprint density at radius 3 is 2.93 bits per heavy atom. The molecule has 3 heteroatoms.